The van der Waals surface area contributed by atoms with Crippen LogP contribution in [-0.2, 0) is 6.42 Å². The van der Waals surface area contributed by atoms with Gasteiger partial charge >= 0.3 is 0 Å². The fourth-order valence-electron chi connectivity index (χ4n) is 1.67. The van der Waals surface area contributed by atoms with Gasteiger partial charge in [0.05, 0.1) is 0 Å². The van der Waals surface area contributed by atoms with Crippen LogP contribution in [0.15, 0.2) is 16.6 Å². The summed E-state index contributed by atoms with van der Waals surface area (Å²) in [6.07, 6.45) is 0.556. The summed E-state index contributed by atoms with van der Waals surface area (Å²) >= 11 is 3.16. The molecule has 1 N–H and O–H groups in total. The largest absolute Gasteiger partial charge is 0.349 e. The van der Waals surface area contributed by atoms with Crippen LogP contribution in [0.4, 0.5) is 4.39 Å². The zero-order valence-electron chi connectivity index (χ0n) is 7.60. The van der Waals surface area contributed by atoms with Crippen molar-refractivity contribution in [2.45, 2.75) is 19.4 Å². The summed E-state index contributed by atoms with van der Waals surface area (Å²) in [6.45, 7) is 1.86. The van der Waals surface area contributed by atoms with Crippen LogP contribution in [0, 0.1) is 5.82 Å². The Morgan fingerprint density at radius 2 is 2.29 bits per heavy atom. The number of amides is 1. The lowest BCUT2D eigenvalue weighted by atomic mass is 9.96. The Morgan fingerprint density at radius 3 is 3.00 bits per heavy atom. The number of rotatable bonds is 0. The molecule has 1 atom stereocenters. The molecule has 0 aromatic heterocycles. The zero-order chi connectivity index (χ0) is 10.3. The van der Waals surface area contributed by atoms with Gasteiger partial charge in [-0.25, -0.2) is 4.39 Å². The molecular formula is C10H9BrFNO. The minimum Gasteiger partial charge on any atom is -0.349 e. The van der Waals surface area contributed by atoms with Gasteiger partial charge in [-0.15, -0.1) is 0 Å². The van der Waals surface area contributed by atoms with Crippen molar-refractivity contribution in [3.63, 3.8) is 0 Å². The van der Waals surface area contributed by atoms with Crippen molar-refractivity contribution in [1.82, 2.24) is 5.32 Å². The van der Waals surface area contributed by atoms with E-state index in [1.807, 2.05) is 6.92 Å². The van der Waals surface area contributed by atoms with E-state index in [1.54, 1.807) is 6.07 Å². The molecule has 4 heteroatoms. The lowest BCUT2D eigenvalue weighted by Gasteiger charge is -2.23. The van der Waals surface area contributed by atoms with Crippen molar-refractivity contribution in [3.05, 3.63) is 33.5 Å². The minimum absolute atomic E-state index is 0.00526. The van der Waals surface area contributed by atoms with Gasteiger partial charge in [0.15, 0.2) is 0 Å². The van der Waals surface area contributed by atoms with E-state index in [-0.39, 0.29) is 17.8 Å². The van der Waals surface area contributed by atoms with Crippen LogP contribution >= 0.6 is 15.9 Å². The molecule has 1 aromatic carbocycles. The van der Waals surface area contributed by atoms with Crippen LogP contribution in [0.25, 0.3) is 0 Å². The van der Waals surface area contributed by atoms with Gasteiger partial charge in [0.25, 0.3) is 5.91 Å². The molecule has 2 nitrogen and oxygen atoms in total. The number of halogens is 2. The van der Waals surface area contributed by atoms with Crippen molar-refractivity contribution < 1.29 is 9.18 Å². The SMILES string of the molecule is CC1Cc2c(F)cc(Br)cc2C(=O)N1. The molecule has 0 radical (unpaired) electrons. The molecule has 74 valence electrons. The number of nitrogens with one attached hydrogen (secondary N) is 1. The Kier molecular flexibility index (Phi) is 2.31. The highest BCUT2D eigenvalue weighted by Gasteiger charge is 2.24. The molecule has 0 saturated carbocycles. The Bertz CT molecular complexity index is 405. The summed E-state index contributed by atoms with van der Waals surface area (Å²) in [5.74, 6) is -0.505. The van der Waals surface area contributed by atoms with Gasteiger partial charge in [-0.05, 0) is 25.5 Å². The second kappa shape index (κ2) is 3.35. The Hall–Kier alpha value is -0.900. The normalized spacial score (nSPS) is 20.2. The first-order chi connectivity index (χ1) is 6.58. The number of carbonyl (C=O) groups excluding carboxylic acids is 1. The molecule has 14 heavy (non-hydrogen) atoms. The molecule has 1 aliphatic heterocycles. The molecule has 1 unspecified atom stereocenters. The number of carbonyl (C=O) groups is 1. The van der Waals surface area contributed by atoms with Gasteiger partial charge in [-0.1, -0.05) is 15.9 Å². The smallest absolute Gasteiger partial charge is 0.251 e. The Balaban J connectivity index is 2.59. The van der Waals surface area contributed by atoms with Gasteiger partial charge in [-0.2, -0.15) is 0 Å². The Labute approximate surface area is 89.6 Å². The maximum absolute atomic E-state index is 13.5. The first-order valence-electron chi connectivity index (χ1n) is 4.36. The van der Waals surface area contributed by atoms with Crippen LogP contribution in [0.1, 0.15) is 22.8 Å². The van der Waals surface area contributed by atoms with Crippen molar-refractivity contribution in [1.29, 1.82) is 0 Å². The monoisotopic (exact) mass is 257 g/mol. The summed E-state index contributed by atoms with van der Waals surface area (Å²) in [6, 6.07) is 3.05. The maximum Gasteiger partial charge on any atom is 0.251 e. The van der Waals surface area contributed by atoms with Gasteiger partial charge in [0, 0.05) is 21.6 Å². The third-order valence-corrected chi connectivity index (χ3v) is 2.75. The van der Waals surface area contributed by atoms with Crippen molar-refractivity contribution >= 4 is 21.8 Å². The molecule has 0 aliphatic carbocycles. The maximum atomic E-state index is 13.5. The molecule has 1 amide bonds. The predicted molar refractivity (Wildman–Crippen MR) is 54.7 cm³/mol. The topological polar surface area (TPSA) is 29.1 Å². The van der Waals surface area contributed by atoms with Crippen LogP contribution in [-0.4, -0.2) is 11.9 Å². The molecule has 0 spiro atoms. The summed E-state index contributed by atoms with van der Waals surface area (Å²) < 4.78 is 14.1. The number of hydrogen-bond acceptors (Lipinski definition) is 1. The standard InChI is InChI=1S/C10H9BrFNO/c1-5-2-7-8(10(14)13-5)3-6(11)4-9(7)12/h3-5H,2H2,1H3,(H,13,14). The van der Waals surface area contributed by atoms with Crippen LogP contribution in [0.5, 0.6) is 0 Å². The van der Waals surface area contributed by atoms with E-state index < -0.39 is 0 Å². The minimum atomic E-state index is -0.309. The van der Waals surface area contributed by atoms with E-state index in [1.165, 1.54) is 6.07 Å². The van der Waals surface area contributed by atoms with E-state index in [4.69, 9.17) is 0 Å². The molecule has 2 rings (SSSR count). The van der Waals surface area contributed by atoms with Crippen LogP contribution in [0.3, 0.4) is 0 Å². The molecular weight excluding hydrogens is 249 g/mol. The quantitative estimate of drug-likeness (QED) is 0.759. The molecule has 0 bridgehead atoms. The van der Waals surface area contributed by atoms with E-state index in [0.29, 0.717) is 22.0 Å². The fourth-order valence-corrected chi connectivity index (χ4v) is 2.10. The lowest BCUT2D eigenvalue weighted by Crippen LogP contribution is -2.39. The van der Waals surface area contributed by atoms with Gasteiger partial charge in [0.2, 0.25) is 0 Å². The summed E-state index contributed by atoms with van der Waals surface area (Å²) in [4.78, 5) is 11.5. The second-order valence-electron chi connectivity index (χ2n) is 3.49. The first-order valence-corrected chi connectivity index (χ1v) is 5.16. The van der Waals surface area contributed by atoms with E-state index in [9.17, 15) is 9.18 Å². The summed E-state index contributed by atoms with van der Waals surface area (Å²) in [5, 5.41) is 2.76. The highest BCUT2D eigenvalue weighted by Crippen LogP contribution is 2.24. The van der Waals surface area contributed by atoms with E-state index >= 15 is 0 Å². The number of hydrogen-bond donors (Lipinski definition) is 1. The van der Waals surface area contributed by atoms with Crippen molar-refractivity contribution in [2.75, 3.05) is 0 Å². The van der Waals surface area contributed by atoms with Crippen molar-refractivity contribution in [3.8, 4) is 0 Å². The van der Waals surface area contributed by atoms with Gasteiger partial charge < -0.3 is 5.32 Å². The highest BCUT2D eigenvalue weighted by atomic mass is 79.9. The zero-order valence-corrected chi connectivity index (χ0v) is 9.19. The number of benzene rings is 1. The van der Waals surface area contributed by atoms with E-state index in [0.717, 1.165) is 0 Å². The average Bonchev–Trinajstić information content (AvgIpc) is 2.07. The average molecular weight is 258 g/mol. The highest BCUT2D eigenvalue weighted by molar-refractivity contribution is 9.10. The second-order valence-corrected chi connectivity index (χ2v) is 4.41. The Morgan fingerprint density at radius 1 is 1.57 bits per heavy atom. The van der Waals surface area contributed by atoms with E-state index in [2.05, 4.69) is 21.2 Å². The van der Waals surface area contributed by atoms with Crippen LogP contribution in [0.2, 0.25) is 0 Å². The molecule has 1 aliphatic rings. The third-order valence-electron chi connectivity index (χ3n) is 2.29. The van der Waals surface area contributed by atoms with Gasteiger partial charge in [0.1, 0.15) is 5.82 Å². The molecule has 0 saturated heterocycles. The lowest BCUT2D eigenvalue weighted by molar-refractivity contribution is 0.0928. The summed E-state index contributed by atoms with van der Waals surface area (Å²) in [7, 11) is 0. The predicted octanol–water partition coefficient (Wildman–Crippen LogP) is 2.26. The number of fused-ring (bicyclic) bond motifs is 1. The third kappa shape index (κ3) is 1.54. The molecule has 1 heterocycles. The molecule has 0 fully saturated rings. The van der Waals surface area contributed by atoms with Crippen LogP contribution < -0.4 is 5.32 Å². The fraction of sp³-hybridized carbons (Fsp3) is 0.300. The summed E-state index contributed by atoms with van der Waals surface area (Å²) in [5.41, 5.74) is 0.958. The van der Waals surface area contributed by atoms with Crippen molar-refractivity contribution in [2.24, 2.45) is 0 Å². The van der Waals surface area contributed by atoms with Gasteiger partial charge in [-0.3, -0.25) is 4.79 Å². The molecule has 1 aromatic rings. The first kappa shape index (κ1) is 9.65.